The lowest BCUT2D eigenvalue weighted by molar-refractivity contribution is 0.0426. The summed E-state index contributed by atoms with van der Waals surface area (Å²) in [4.78, 5) is 25.4. The molecule has 6 heteroatoms. The summed E-state index contributed by atoms with van der Waals surface area (Å²) in [7, 11) is 0. The molecular formula is C13H18N2O3S. The molecule has 2 heterocycles. The molecule has 1 aliphatic rings. The molecule has 2 N–H and O–H groups in total. The highest BCUT2D eigenvalue weighted by molar-refractivity contribution is 7.12. The normalized spacial score (nSPS) is 18.6. The van der Waals surface area contributed by atoms with Gasteiger partial charge in [-0.2, -0.15) is 0 Å². The smallest absolute Gasteiger partial charge is 0.348 e. The molecule has 2 rings (SSSR count). The number of thiophene rings is 1. The molecule has 0 saturated carbocycles. The molecular weight excluding hydrogens is 264 g/mol. The van der Waals surface area contributed by atoms with Crippen LogP contribution in [0.1, 0.15) is 35.0 Å². The quantitative estimate of drug-likeness (QED) is 0.859. The van der Waals surface area contributed by atoms with Crippen molar-refractivity contribution in [1.82, 2.24) is 4.90 Å². The van der Waals surface area contributed by atoms with E-state index < -0.39 is 6.03 Å². The zero-order valence-corrected chi connectivity index (χ0v) is 11.7. The summed E-state index contributed by atoms with van der Waals surface area (Å²) in [5, 5.41) is 1.89. The van der Waals surface area contributed by atoms with Gasteiger partial charge in [0.2, 0.25) is 0 Å². The molecule has 19 heavy (non-hydrogen) atoms. The average molecular weight is 282 g/mol. The molecule has 1 atom stereocenters. The molecule has 0 spiro atoms. The third-order valence-electron chi connectivity index (χ3n) is 3.38. The van der Waals surface area contributed by atoms with Gasteiger partial charge in [0.05, 0.1) is 6.04 Å². The van der Waals surface area contributed by atoms with Gasteiger partial charge in [0.1, 0.15) is 11.5 Å². The second-order valence-corrected chi connectivity index (χ2v) is 5.47. The van der Waals surface area contributed by atoms with E-state index in [0.29, 0.717) is 11.4 Å². The maximum absolute atomic E-state index is 12.0. The largest absolute Gasteiger partial charge is 0.459 e. The summed E-state index contributed by atoms with van der Waals surface area (Å²) >= 11 is 1.39. The first-order valence-corrected chi connectivity index (χ1v) is 7.31. The highest BCUT2D eigenvalue weighted by atomic mass is 32.1. The molecule has 5 nitrogen and oxygen atoms in total. The molecule has 2 amide bonds. The van der Waals surface area contributed by atoms with Crippen molar-refractivity contribution in [3.8, 4) is 0 Å². The fourth-order valence-electron chi connectivity index (χ4n) is 2.33. The number of likely N-dealkylation sites (tertiary alicyclic amines) is 1. The SMILES string of the molecule is CCc1ccsc1C(=O)OC[C@H]1CCCN1C(N)=O. The molecule has 0 unspecified atom stereocenters. The second kappa shape index (κ2) is 6.06. The number of primary amides is 1. The minimum atomic E-state index is -0.441. The fourth-order valence-corrected chi connectivity index (χ4v) is 3.22. The van der Waals surface area contributed by atoms with Gasteiger partial charge in [-0.3, -0.25) is 0 Å². The Morgan fingerprint density at radius 3 is 3.05 bits per heavy atom. The van der Waals surface area contributed by atoms with E-state index >= 15 is 0 Å². The van der Waals surface area contributed by atoms with Crippen LogP contribution in [0.2, 0.25) is 0 Å². The number of urea groups is 1. The van der Waals surface area contributed by atoms with Crippen LogP contribution in [0.3, 0.4) is 0 Å². The van der Waals surface area contributed by atoms with Crippen LogP contribution in [0.25, 0.3) is 0 Å². The number of hydrogen-bond acceptors (Lipinski definition) is 4. The molecule has 104 valence electrons. The van der Waals surface area contributed by atoms with Crippen LogP contribution in [0.5, 0.6) is 0 Å². The topological polar surface area (TPSA) is 72.6 Å². The lowest BCUT2D eigenvalue weighted by atomic mass is 10.2. The van der Waals surface area contributed by atoms with Gasteiger partial charge in [-0.1, -0.05) is 6.92 Å². The second-order valence-electron chi connectivity index (χ2n) is 4.55. The summed E-state index contributed by atoms with van der Waals surface area (Å²) < 4.78 is 5.32. The van der Waals surface area contributed by atoms with Crippen molar-refractivity contribution in [2.75, 3.05) is 13.2 Å². The van der Waals surface area contributed by atoms with Crippen LogP contribution in [0.15, 0.2) is 11.4 Å². The predicted octanol–water partition coefficient (Wildman–Crippen LogP) is 2.01. The Kier molecular flexibility index (Phi) is 4.42. The van der Waals surface area contributed by atoms with Gasteiger partial charge in [0.25, 0.3) is 0 Å². The first-order chi connectivity index (χ1) is 9.13. The van der Waals surface area contributed by atoms with Crippen LogP contribution in [0.4, 0.5) is 4.79 Å². The average Bonchev–Trinajstić information content (AvgIpc) is 3.04. The highest BCUT2D eigenvalue weighted by Gasteiger charge is 2.28. The summed E-state index contributed by atoms with van der Waals surface area (Å²) in [5.41, 5.74) is 6.29. The number of ether oxygens (including phenoxy) is 1. The number of nitrogens with two attached hydrogens (primary N) is 1. The van der Waals surface area contributed by atoms with Gasteiger partial charge < -0.3 is 15.4 Å². The third-order valence-corrected chi connectivity index (χ3v) is 4.32. The monoisotopic (exact) mass is 282 g/mol. The van der Waals surface area contributed by atoms with Crippen molar-refractivity contribution < 1.29 is 14.3 Å². The van der Waals surface area contributed by atoms with Gasteiger partial charge in [-0.15, -0.1) is 11.3 Å². The van der Waals surface area contributed by atoms with Crippen molar-refractivity contribution in [3.05, 3.63) is 21.9 Å². The first-order valence-electron chi connectivity index (χ1n) is 6.43. The van der Waals surface area contributed by atoms with Crippen LogP contribution in [-0.2, 0) is 11.2 Å². The third kappa shape index (κ3) is 3.07. The van der Waals surface area contributed by atoms with Gasteiger partial charge in [-0.25, -0.2) is 9.59 Å². The lowest BCUT2D eigenvalue weighted by Crippen LogP contribution is -2.41. The number of amides is 2. The molecule has 1 saturated heterocycles. The Morgan fingerprint density at radius 1 is 1.58 bits per heavy atom. The number of esters is 1. The molecule has 1 aromatic heterocycles. The standard InChI is InChI=1S/C13H18N2O3S/c1-2-9-5-7-19-11(9)12(16)18-8-10-4-3-6-15(10)13(14)17/h5,7,10H,2-4,6,8H2,1H3,(H2,14,17)/t10-/m1/s1. The van der Waals surface area contributed by atoms with E-state index in [9.17, 15) is 9.59 Å². The van der Waals surface area contributed by atoms with Crippen LogP contribution in [0, 0.1) is 0 Å². The molecule has 0 aromatic carbocycles. The van der Waals surface area contributed by atoms with E-state index in [1.807, 2.05) is 18.4 Å². The van der Waals surface area contributed by atoms with Crippen LogP contribution in [-0.4, -0.2) is 36.1 Å². The molecule has 1 aliphatic heterocycles. The Morgan fingerprint density at radius 2 is 2.37 bits per heavy atom. The van der Waals surface area contributed by atoms with Crippen LogP contribution < -0.4 is 5.73 Å². The van der Waals surface area contributed by atoms with Crippen LogP contribution >= 0.6 is 11.3 Å². The number of carbonyl (C=O) groups is 2. The number of nitrogens with zero attached hydrogens (tertiary/aromatic N) is 1. The van der Waals surface area contributed by atoms with E-state index in [1.165, 1.54) is 11.3 Å². The summed E-state index contributed by atoms with van der Waals surface area (Å²) in [6, 6.07) is 1.42. The van der Waals surface area contributed by atoms with E-state index in [1.54, 1.807) is 4.90 Å². The van der Waals surface area contributed by atoms with Gasteiger partial charge in [-0.05, 0) is 36.3 Å². The van der Waals surface area contributed by atoms with Gasteiger partial charge in [0.15, 0.2) is 0 Å². The van der Waals surface area contributed by atoms with E-state index in [-0.39, 0.29) is 18.6 Å². The minimum Gasteiger partial charge on any atom is -0.459 e. The zero-order valence-electron chi connectivity index (χ0n) is 10.9. The first kappa shape index (κ1) is 13.9. The Hall–Kier alpha value is -1.56. The van der Waals surface area contributed by atoms with Crippen molar-refractivity contribution in [2.45, 2.75) is 32.2 Å². The van der Waals surface area contributed by atoms with Crippen molar-refractivity contribution in [1.29, 1.82) is 0 Å². The van der Waals surface area contributed by atoms with E-state index in [4.69, 9.17) is 10.5 Å². The molecule has 0 bridgehead atoms. The lowest BCUT2D eigenvalue weighted by Gasteiger charge is -2.22. The molecule has 0 radical (unpaired) electrons. The molecule has 1 aromatic rings. The van der Waals surface area contributed by atoms with E-state index in [2.05, 4.69) is 0 Å². The predicted molar refractivity (Wildman–Crippen MR) is 73.3 cm³/mol. The maximum atomic E-state index is 12.0. The maximum Gasteiger partial charge on any atom is 0.348 e. The fraction of sp³-hybridized carbons (Fsp3) is 0.538. The Balaban J connectivity index is 1.92. The highest BCUT2D eigenvalue weighted by Crippen LogP contribution is 2.21. The zero-order chi connectivity index (χ0) is 13.8. The van der Waals surface area contributed by atoms with Crippen molar-refractivity contribution in [2.24, 2.45) is 5.73 Å². The number of carbonyl (C=O) groups excluding carboxylic acids is 2. The minimum absolute atomic E-state index is 0.0773. The number of rotatable bonds is 4. The van der Waals surface area contributed by atoms with Gasteiger partial charge >= 0.3 is 12.0 Å². The molecule has 0 aliphatic carbocycles. The summed E-state index contributed by atoms with van der Waals surface area (Å²) in [6.45, 7) is 2.88. The van der Waals surface area contributed by atoms with Crippen molar-refractivity contribution >= 4 is 23.3 Å². The number of hydrogen-bond donors (Lipinski definition) is 1. The number of aryl methyl sites for hydroxylation is 1. The van der Waals surface area contributed by atoms with E-state index in [0.717, 1.165) is 24.8 Å². The Bertz CT molecular complexity index is 472. The summed E-state index contributed by atoms with van der Waals surface area (Å²) in [6.07, 6.45) is 2.55. The molecule has 1 fully saturated rings. The van der Waals surface area contributed by atoms with Gasteiger partial charge in [0, 0.05) is 6.54 Å². The Labute approximate surface area is 116 Å². The summed E-state index contributed by atoms with van der Waals surface area (Å²) in [5.74, 6) is -0.303. The van der Waals surface area contributed by atoms with Crippen molar-refractivity contribution in [3.63, 3.8) is 0 Å².